The minimum absolute atomic E-state index is 0.0318. The summed E-state index contributed by atoms with van der Waals surface area (Å²) in [4.78, 5) is 11.7. The van der Waals surface area contributed by atoms with Gasteiger partial charge in [-0.25, -0.2) is 0 Å². The normalized spacial score (nSPS) is 15.9. The zero-order valence-electron chi connectivity index (χ0n) is 14.7. The molecule has 0 aliphatic heterocycles. The first-order chi connectivity index (χ1) is 9.81. The third-order valence-corrected chi connectivity index (χ3v) is 3.75. The summed E-state index contributed by atoms with van der Waals surface area (Å²) < 4.78 is 5.83. The minimum Gasteiger partial charge on any atom is -0.378 e. The molecule has 126 valence electrons. The molecular formula is C17H36N2O2. The molecule has 0 radical (unpaired) electrons. The molecule has 0 aliphatic carbocycles. The number of unbranched alkanes of at least 4 members (excludes halogenated alkanes) is 5. The SMILES string of the molecule is CCCCCCCCOC(C)CC(C)(NC(C)C)C(N)=O. The standard InChI is InChI=1S/C17H36N2O2/c1-6-7-8-9-10-11-12-21-15(4)13-17(5,16(18)20)19-14(2)3/h14-15,19H,6-13H2,1-5H3,(H2,18,20). The van der Waals surface area contributed by atoms with Crippen molar-refractivity contribution in [3.8, 4) is 0 Å². The van der Waals surface area contributed by atoms with Crippen molar-refractivity contribution in [2.24, 2.45) is 5.73 Å². The Hall–Kier alpha value is -0.610. The second-order valence-corrected chi connectivity index (χ2v) is 6.65. The van der Waals surface area contributed by atoms with Gasteiger partial charge < -0.3 is 15.8 Å². The monoisotopic (exact) mass is 300 g/mol. The number of amides is 1. The van der Waals surface area contributed by atoms with Gasteiger partial charge in [0, 0.05) is 19.1 Å². The Morgan fingerprint density at radius 2 is 1.71 bits per heavy atom. The molecule has 0 aromatic carbocycles. The van der Waals surface area contributed by atoms with Crippen LogP contribution in [-0.4, -0.2) is 30.2 Å². The molecule has 2 atom stereocenters. The number of nitrogens with one attached hydrogen (secondary N) is 1. The highest BCUT2D eigenvalue weighted by molar-refractivity contribution is 5.84. The number of primary amides is 1. The molecule has 21 heavy (non-hydrogen) atoms. The number of nitrogens with two attached hydrogens (primary N) is 1. The van der Waals surface area contributed by atoms with E-state index < -0.39 is 5.54 Å². The van der Waals surface area contributed by atoms with Gasteiger partial charge in [-0.05, 0) is 34.1 Å². The van der Waals surface area contributed by atoms with Crippen molar-refractivity contribution in [3.05, 3.63) is 0 Å². The first-order valence-electron chi connectivity index (χ1n) is 8.51. The Morgan fingerprint density at radius 1 is 1.14 bits per heavy atom. The molecule has 4 nitrogen and oxygen atoms in total. The third-order valence-electron chi connectivity index (χ3n) is 3.75. The molecule has 0 bridgehead atoms. The number of hydrogen-bond acceptors (Lipinski definition) is 3. The lowest BCUT2D eigenvalue weighted by atomic mass is 9.93. The number of carbonyl (C=O) groups is 1. The Kier molecular flexibility index (Phi) is 10.7. The lowest BCUT2D eigenvalue weighted by Crippen LogP contribution is -2.57. The van der Waals surface area contributed by atoms with E-state index in [-0.39, 0.29) is 18.1 Å². The first kappa shape index (κ1) is 20.4. The summed E-state index contributed by atoms with van der Waals surface area (Å²) in [5.74, 6) is -0.314. The van der Waals surface area contributed by atoms with Crippen molar-refractivity contribution in [2.75, 3.05) is 6.61 Å². The van der Waals surface area contributed by atoms with E-state index in [0.717, 1.165) is 13.0 Å². The van der Waals surface area contributed by atoms with E-state index >= 15 is 0 Å². The van der Waals surface area contributed by atoms with Gasteiger partial charge in [-0.1, -0.05) is 39.0 Å². The van der Waals surface area contributed by atoms with E-state index in [1.54, 1.807) is 0 Å². The summed E-state index contributed by atoms with van der Waals surface area (Å²) in [5, 5.41) is 3.26. The van der Waals surface area contributed by atoms with Crippen molar-refractivity contribution in [2.45, 2.75) is 97.2 Å². The quantitative estimate of drug-likeness (QED) is 0.512. The number of carbonyl (C=O) groups excluding carboxylic acids is 1. The lowest BCUT2D eigenvalue weighted by molar-refractivity contribution is -0.125. The van der Waals surface area contributed by atoms with Crippen molar-refractivity contribution in [1.29, 1.82) is 0 Å². The molecule has 2 unspecified atom stereocenters. The van der Waals surface area contributed by atoms with Gasteiger partial charge in [0.05, 0.1) is 11.6 Å². The molecule has 1 amide bonds. The van der Waals surface area contributed by atoms with E-state index in [1.165, 1.54) is 32.1 Å². The second-order valence-electron chi connectivity index (χ2n) is 6.65. The van der Waals surface area contributed by atoms with E-state index in [2.05, 4.69) is 12.2 Å². The Bertz CT molecular complexity index is 282. The summed E-state index contributed by atoms with van der Waals surface area (Å²) in [7, 11) is 0. The number of hydrogen-bond donors (Lipinski definition) is 2. The van der Waals surface area contributed by atoms with Crippen molar-refractivity contribution in [3.63, 3.8) is 0 Å². The fourth-order valence-corrected chi connectivity index (χ4v) is 2.67. The average molecular weight is 300 g/mol. The average Bonchev–Trinajstić information content (AvgIpc) is 2.36. The molecule has 0 saturated heterocycles. The highest BCUT2D eigenvalue weighted by Crippen LogP contribution is 2.16. The lowest BCUT2D eigenvalue weighted by Gasteiger charge is -2.32. The van der Waals surface area contributed by atoms with Crippen LogP contribution in [0.1, 0.15) is 79.6 Å². The van der Waals surface area contributed by atoms with Crippen LogP contribution in [0.4, 0.5) is 0 Å². The van der Waals surface area contributed by atoms with Crippen LogP contribution in [0, 0.1) is 0 Å². The van der Waals surface area contributed by atoms with Crippen molar-refractivity contribution < 1.29 is 9.53 Å². The molecule has 0 fully saturated rings. The van der Waals surface area contributed by atoms with Crippen LogP contribution in [0.5, 0.6) is 0 Å². The van der Waals surface area contributed by atoms with Crippen molar-refractivity contribution in [1.82, 2.24) is 5.32 Å². The minimum atomic E-state index is -0.700. The maximum Gasteiger partial charge on any atom is 0.237 e. The summed E-state index contributed by atoms with van der Waals surface area (Å²) in [5.41, 5.74) is 4.83. The van der Waals surface area contributed by atoms with Crippen LogP contribution in [0.25, 0.3) is 0 Å². The van der Waals surface area contributed by atoms with Gasteiger partial charge in [-0.2, -0.15) is 0 Å². The molecule has 0 aromatic heterocycles. The molecule has 0 rings (SSSR count). The maximum absolute atomic E-state index is 11.7. The summed E-state index contributed by atoms with van der Waals surface area (Å²) in [6.07, 6.45) is 8.18. The van der Waals surface area contributed by atoms with Gasteiger partial charge >= 0.3 is 0 Å². The van der Waals surface area contributed by atoms with E-state index in [4.69, 9.17) is 10.5 Å². The summed E-state index contributed by atoms with van der Waals surface area (Å²) in [6, 6.07) is 0.216. The zero-order valence-corrected chi connectivity index (χ0v) is 14.7. The van der Waals surface area contributed by atoms with E-state index in [0.29, 0.717) is 6.42 Å². The van der Waals surface area contributed by atoms with Crippen LogP contribution >= 0.6 is 0 Å². The molecule has 4 heteroatoms. The smallest absolute Gasteiger partial charge is 0.237 e. The van der Waals surface area contributed by atoms with Gasteiger partial charge in [0.15, 0.2) is 0 Å². The maximum atomic E-state index is 11.7. The molecular weight excluding hydrogens is 264 g/mol. The van der Waals surface area contributed by atoms with Gasteiger partial charge in [0.1, 0.15) is 0 Å². The highest BCUT2D eigenvalue weighted by Gasteiger charge is 2.33. The molecule has 0 aliphatic rings. The van der Waals surface area contributed by atoms with Crippen LogP contribution in [-0.2, 0) is 9.53 Å². The topological polar surface area (TPSA) is 64.3 Å². The van der Waals surface area contributed by atoms with Gasteiger partial charge in [0.25, 0.3) is 0 Å². The molecule has 3 N–H and O–H groups in total. The van der Waals surface area contributed by atoms with Crippen LogP contribution in [0.3, 0.4) is 0 Å². The Morgan fingerprint density at radius 3 is 2.24 bits per heavy atom. The van der Waals surface area contributed by atoms with Crippen LogP contribution in [0.2, 0.25) is 0 Å². The van der Waals surface area contributed by atoms with E-state index in [1.807, 2.05) is 27.7 Å². The predicted molar refractivity (Wildman–Crippen MR) is 89.3 cm³/mol. The second kappa shape index (κ2) is 11.0. The Labute approximate surface area is 131 Å². The third kappa shape index (κ3) is 9.86. The van der Waals surface area contributed by atoms with Crippen molar-refractivity contribution >= 4 is 5.91 Å². The molecule has 0 spiro atoms. The molecule has 0 heterocycles. The first-order valence-corrected chi connectivity index (χ1v) is 8.51. The largest absolute Gasteiger partial charge is 0.378 e. The fourth-order valence-electron chi connectivity index (χ4n) is 2.67. The van der Waals surface area contributed by atoms with Gasteiger partial charge in [-0.15, -0.1) is 0 Å². The summed E-state index contributed by atoms with van der Waals surface area (Å²) in [6.45, 7) is 10.9. The summed E-state index contributed by atoms with van der Waals surface area (Å²) >= 11 is 0. The number of rotatable bonds is 13. The zero-order chi connectivity index (χ0) is 16.3. The predicted octanol–water partition coefficient (Wildman–Crippen LogP) is 3.38. The van der Waals surface area contributed by atoms with E-state index in [9.17, 15) is 4.79 Å². The highest BCUT2D eigenvalue weighted by atomic mass is 16.5. The van der Waals surface area contributed by atoms with Gasteiger partial charge in [0.2, 0.25) is 5.91 Å². The van der Waals surface area contributed by atoms with Crippen LogP contribution in [0.15, 0.2) is 0 Å². The molecule has 0 aromatic rings. The van der Waals surface area contributed by atoms with Gasteiger partial charge in [-0.3, -0.25) is 4.79 Å². The fraction of sp³-hybridized carbons (Fsp3) is 0.941. The Balaban J connectivity index is 3.94. The number of ether oxygens (including phenoxy) is 1. The molecule has 0 saturated carbocycles. The van der Waals surface area contributed by atoms with Crippen LogP contribution < -0.4 is 11.1 Å².